The van der Waals surface area contributed by atoms with E-state index in [1.54, 1.807) is 0 Å². The number of halogens is 2. The van der Waals surface area contributed by atoms with Crippen LogP contribution in [-0.4, -0.2) is 23.0 Å². The lowest BCUT2D eigenvalue weighted by Gasteiger charge is -2.17. The average Bonchev–Trinajstić information content (AvgIpc) is 2.92. The maximum atomic E-state index is 13.6. The molecule has 23 heavy (non-hydrogen) atoms. The van der Waals surface area contributed by atoms with Crippen LogP contribution in [0.1, 0.15) is 5.56 Å². The molecular weight excluding hydrogens is 320 g/mol. The lowest BCUT2D eigenvalue weighted by Crippen LogP contribution is -2.31. The fourth-order valence-corrected chi connectivity index (χ4v) is 2.95. The fraction of sp³-hybridized carbons (Fsp3) is 0.125. The van der Waals surface area contributed by atoms with Crippen LogP contribution in [-0.2, 0) is 6.54 Å². The smallest absolute Gasteiger partial charge is 0.323 e. The second-order valence-corrected chi connectivity index (χ2v) is 6.04. The van der Waals surface area contributed by atoms with Gasteiger partial charge in [-0.1, -0.05) is 29.5 Å². The molecule has 0 fully saturated rings. The van der Waals surface area contributed by atoms with Gasteiger partial charge in [0.2, 0.25) is 0 Å². The summed E-state index contributed by atoms with van der Waals surface area (Å²) in [6, 6.07) is 10.4. The van der Waals surface area contributed by atoms with Crippen molar-refractivity contribution < 1.29 is 13.6 Å². The molecule has 0 bridgehead atoms. The number of thiazole rings is 1. The third-order valence-electron chi connectivity index (χ3n) is 3.28. The van der Waals surface area contributed by atoms with E-state index in [2.05, 4.69) is 10.3 Å². The number of aromatic nitrogens is 1. The van der Waals surface area contributed by atoms with Crippen molar-refractivity contribution >= 4 is 32.7 Å². The van der Waals surface area contributed by atoms with Gasteiger partial charge in [0.1, 0.15) is 11.6 Å². The number of hydrogen-bond donors (Lipinski definition) is 1. The molecule has 0 atom stereocenters. The van der Waals surface area contributed by atoms with E-state index in [1.165, 1.54) is 29.4 Å². The van der Waals surface area contributed by atoms with E-state index in [9.17, 15) is 13.6 Å². The Morgan fingerprint density at radius 3 is 2.78 bits per heavy atom. The van der Waals surface area contributed by atoms with Crippen LogP contribution in [0.25, 0.3) is 10.2 Å². The summed E-state index contributed by atoms with van der Waals surface area (Å²) in [6.45, 7) is 0.0306. The Bertz CT molecular complexity index is 832. The summed E-state index contributed by atoms with van der Waals surface area (Å²) in [6.07, 6.45) is 0. The van der Waals surface area contributed by atoms with Gasteiger partial charge in [-0.3, -0.25) is 5.32 Å². The normalized spacial score (nSPS) is 10.7. The van der Waals surface area contributed by atoms with E-state index < -0.39 is 17.7 Å². The minimum absolute atomic E-state index is 0.0306. The number of amides is 2. The molecule has 1 aromatic heterocycles. The van der Waals surface area contributed by atoms with Gasteiger partial charge in [-0.15, -0.1) is 0 Å². The first-order chi connectivity index (χ1) is 11.0. The summed E-state index contributed by atoms with van der Waals surface area (Å²) in [4.78, 5) is 17.8. The van der Waals surface area contributed by atoms with Crippen molar-refractivity contribution in [1.29, 1.82) is 0 Å². The Kier molecular flexibility index (Phi) is 4.20. The van der Waals surface area contributed by atoms with Gasteiger partial charge in [0, 0.05) is 25.2 Å². The van der Waals surface area contributed by atoms with Crippen LogP contribution >= 0.6 is 11.3 Å². The Hall–Kier alpha value is -2.54. The topological polar surface area (TPSA) is 45.2 Å². The molecule has 3 rings (SSSR count). The molecule has 0 radical (unpaired) electrons. The Morgan fingerprint density at radius 2 is 2.04 bits per heavy atom. The highest BCUT2D eigenvalue weighted by atomic mass is 32.1. The van der Waals surface area contributed by atoms with Gasteiger partial charge in [-0.05, 0) is 18.2 Å². The molecule has 1 N–H and O–H groups in total. The quantitative estimate of drug-likeness (QED) is 0.779. The molecule has 2 aromatic carbocycles. The van der Waals surface area contributed by atoms with Gasteiger partial charge in [0.05, 0.1) is 10.2 Å². The molecule has 0 unspecified atom stereocenters. The molecule has 118 valence electrons. The van der Waals surface area contributed by atoms with Crippen molar-refractivity contribution in [2.75, 3.05) is 12.4 Å². The lowest BCUT2D eigenvalue weighted by molar-refractivity contribution is 0.220. The van der Waals surface area contributed by atoms with Crippen LogP contribution in [0, 0.1) is 11.6 Å². The number of fused-ring (bicyclic) bond motifs is 1. The first-order valence-corrected chi connectivity index (χ1v) is 7.66. The van der Waals surface area contributed by atoms with Gasteiger partial charge in [-0.25, -0.2) is 18.6 Å². The Labute approximate surface area is 135 Å². The molecule has 1 heterocycles. The third kappa shape index (κ3) is 3.45. The highest BCUT2D eigenvalue weighted by Crippen LogP contribution is 2.25. The Morgan fingerprint density at radius 1 is 1.26 bits per heavy atom. The van der Waals surface area contributed by atoms with E-state index in [0.29, 0.717) is 5.13 Å². The average molecular weight is 333 g/mol. The third-order valence-corrected chi connectivity index (χ3v) is 4.23. The first kappa shape index (κ1) is 15.4. The number of nitrogens with one attached hydrogen (secondary N) is 1. The predicted molar refractivity (Wildman–Crippen MR) is 86.5 cm³/mol. The number of carbonyl (C=O) groups is 1. The summed E-state index contributed by atoms with van der Waals surface area (Å²) in [5.41, 5.74) is 1.05. The lowest BCUT2D eigenvalue weighted by atomic mass is 10.2. The van der Waals surface area contributed by atoms with Crippen LogP contribution in [0.15, 0.2) is 42.5 Å². The van der Waals surface area contributed by atoms with Crippen molar-refractivity contribution in [3.8, 4) is 0 Å². The number of para-hydroxylation sites is 1. The minimum Gasteiger partial charge on any atom is -0.323 e. The fourth-order valence-electron chi connectivity index (χ4n) is 2.09. The number of urea groups is 1. The van der Waals surface area contributed by atoms with Crippen LogP contribution in [0.2, 0.25) is 0 Å². The van der Waals surface area contributed by atoms with Crippen molar-refractivity contribution in [1.82, 2.24) is 9.88 Å². The Balaban J connectivity index is 1.69. The molecule has 0 aliphatic carbocycles. The second-order valence-electron chi connectivity index (χ2n) is 5.01. The maximum absolute atomic E-state index is 13.6. The summed E-state index contributed by atoms with van der Waals surface area (Å²) in [5, 5.41) is 3.15. The molecule has 0 aliphatic heterocycles. The van der Waals surface area contributed by atoms with E-state index in [0.717, 1.165) is 22.3 Å². The molecule has 3 aromatic rings. The maximum Gasteiger partial charge on any atom is 0.323 e. The molecule has 4 nitrogen and oxygen atoms in total. The monoisotopic (exact) mass is 333 g/mol. The molecule has 7 heteroatoms. The van der Waals surface area contributed by atoms with Crippen molar-refractivity contribution in [2.24, 2.45) is 0 Å². The van der Waals surface area contributed by atoms with E-state index >= 15 is 0 Å². The largest absolute Gasteiger partial charge is 0.323 e. The summed E-state index contributed by atoms with van der Waals surface area (Å²) >= 11 is 1.36. The van der Waals surface area contributed by atoms with Crippen LogP contribution in [0.3, 0.4) is 0 Å². The SMILES string of the molecule is CN(Cc1ccc(F)cc1F)C(=O)Nc1nc2ccccc2s1. The van der Waals surface area contributed by atoms with E-state index in [-0.39, 0.29) is 12.1 Å². The molecule has 0 saturated carbocycles. The van der Waals surface area contributed by atoms with E-state index in [1.807, 2.05) is 24.3 Å². The predicted octanol–water partition coefficient (Wildman–Crippen LogP) is 4.24. The van der Waals surface area contributed by atoms with Crippen LogP contribution in [0.4, 0.5) is 18.7 Å². The van der Waals surface area contributed by atoms with Gasteiger partial charge >= 0.3 is 6.03 Å². The van der Waals surface area contributed by atoms with Gasteiger partial charge in [-0.2, -0.15) is 0 Å². The van der Waals surface area contributed by atoms with Gasteiger partial charge in [0.25, 0.3) is 0 Å². The number of nitrogens with zero attached hydrogens (tertiary/aromatic N) is 2. The number of anilines is 1. The van der Waals surface area contributed by atoms with Crippen LogP contribution in [0.5, 0.6) is 0 Å². The zero-order chi connectivity index (χ0) is 16.4. The van der Waals surface area contributed by atoms with Crippen molar-refractivity contribution in [3.05, 3.63) is 59.7 Å². The zero-order valence-electron chi connectivity index (χ0n) is 12.2. The van der Waals surface area contributed by atoms with Gasteiger partial charge < -0.3 is 4.90 Å². The highest BCUT2D eigenvalue weighted by molar-refractivity contribution is 7.22. The number of carbonyl (C=O) groups excluding carboxylic acids is 1. The molecule has 0 spiro atoms. The molecule has 0 saturated heterocycles. The summed E-state index contributed by atoms with van der Waals surface area (Å²) in [5.74, 6) is -1.32. The number of rotatable bonds is 3. The van der Waals surface area contributed by atoms with Crippen LogP contribution < -0.4 is 5.32 Å². The van der Waals surface area contributed by atoms with Gasteiger partial charge in [0.15, 0.2) is 5.13 Å². The number of benzene rings is 2. The van der Waals surface area contributed by atoms with Crippen molar-refractivity contribution in [3.63, 3.8) is 0 Å². The molecule has 2 amide bonds. The standard InChI is InChI=1S/C16H13F2N3OS/c1-21(9-10-6-7-11(17)8-12(10)18)16(22)20-15-19-13-4-2-3-5-14(13)23-15/h2-8H,9H2,1H3,(H,19,20,22). The van der Waals surface area contributed by atoms with E-state index in [4.69, 9.17) is 0 Å². The molecular formula is C16H13F2N3OS. The number of hydrogen-bond acceptors (Lipinski definition) is 3. The summed E-state index contributed by atoms with van der Waals surface area (Å²) < 4.78 is 27.5. The first-order valence-electron chi connectivity index (χ1n) is 6.84. The minimum atomic E-state index is -0.676. The highest BCUT2D eigenvalue weighted by Gasteiger charge is 2.14. The van der Waals surface area contributed by atoms with Crippen molar-refractivity contribution in [2.45, 2.75) is 6.54 Å². The second kappa shape index (κ2) is 6.29. The molecule has 0 aliphatic rings. The zero-order valence-corrected chi connectivity index (χ0v) is 13.0. The summed E-state index contributed by atoms with van der Waals surface area (Å²) in [7, 11) is 1.53.